The summed E-state index contributed by atoms with van der Waals surface area (Å²) in [5.74, 6) is 0. The third-order valence-corrected chi connectivity index (χ3v) is 4.37. The second-order valence-electron chi connectivity index (χ2n) is 6.25. The van der Waals surface area contributed by atoms with E-state index in [0.717, 1.165) is 12.6 Å². The van der Waals surface area contributed by atoms with Crippen molar-refractivity contribution in [1.82, 2.24) is 10.2 Å². The third kappa shape index (κ3) is 3.67. The molecule has 0 bridgehead atoms. The molecule has 0 spiro atoms. The maximum absolute atomic E-state index is 5.82. The van der Waals surface area contributed by atoms with Gasteiger partial charge in [0.2, 0.25) is 0 Å². The average Bonchev–Trinajstić information content (AvgIpc) is 2.55. The molecule has 3 nitrogen and oxygen atoms in total. The molecule has 3 heteroatoms. The Hall–Kier alpha value is -0.120. The maximum Gasteiger partial charge on any atom is 0.0641 e. The van der Waals surface area contributed by atoms with Gasteiger partial charge in [-0.05, 0) is 66.1 Å². The Morgan fingerprint density at radius 1 is 1.12 bits per heavy atom. The van der Waals surface area contributed by atoms with E-state index < -0.39 is 0 Å². The molecule has 2 unspecified atom stereocenters. The van der Waals surface area contributed by atoms with Crippen LogP contribution in [-0.4, -0.2) is 49.3 Å². The Labute approximate surface area is 106 Å². The minimum absolute atomic E-state index is 0.0696. The molecule has 17 heavy (non-hydrogen) atoms. The first-order chi connectivity index (χ1) is 8.08. The van der Waals surface area contributed by atoms with E-state index in [1.807, 2.05) is 0 Å². The van der Waals surface area contributed by atoms with Crippen LogP contribution in [0.1, 0.15) is 46.0 Å². The summed E-state index contributed by atoms with van der Waals surface area (Å²) in [6.45, 7) is 7.75. The predicted molar refractivity (Wildman–Crippen MR) is 71.3 cm³/mol. The van der Waals surface area contributed by atoms with Gasteiger partial charge in [-0.15, -0.1) is 0 Å². The number of hydrogen-bond acceptors (Lipinski definition) is 3. The zero-order valence-corrected chi connectivity index (χ0v) is 11.7. The fourth-order valence-corrected chi connectivity index (χ4v) is 3.25. The SMILES string of the molecule is CN(C1CCCNCC1)C1CCOC(C)(C)C1. The van der Waals surface area contributed by atoms with Gasteiger partial charge in [-0.3, -0.25) is 0 Å². The minimum Gasteiger partial charge on any atom is -0.375 e. The highest BCUT2D eigenvalue weighted by molar-refractivity contribution is 4.87. The Morgan fingerprint density at radius 2 is 1.94 bits per heavy atom. The second kappa shape index (κ2) is 5.68. The Bertz CT molecular complexity index is 234. The van der Waals surface area contributed by atoms with Gasteiger partial charge in [-0.25, -0.2) is 0 Å². The van der Waals surface area contributed by atoms with Gasteiger partial charge in [-0.1, -0.05) is 0 Å². The van der Waals surface area contributed by atoms with E-state index in [1.165, 1.54) is 45.2 Å². The molecule has 1 N–H and O–H groups in total. The van der Waals surface area contributed by atoms with Gasteiger partial charge in [0.25, 0.3) is 0 Å². The van der Waals surface area contributed by atoms with Crippen LogP contribution in [-0.2, 0) is 4.74 Å². The molecule has 0 radical (unpaired) electrons. The van der Waals surface area contributed by atoms with Crippen molar-refractivity contribution in [2.75, 3.05) is 26.7 Å². The number of hydrogen-bond donors (Lipinski definition) is 1. The molecular weight excluding hydrogens is 212 g/mol. The van der Waals surface area contributed by atoms with Crippen LogP contribution in [0, 0.1) is 0 Å². The van der Waals surface area contributed by atoms with Crippen LogP contribution in [0.5, 0.6) is 0 Å². The standard InChI is InChI=1S/C14H28N2O/c1-14(2)11-13(7-10-17-14)16(3)12-5-4-8-15-9-6-12/h12-13,15H,4-11H2,1-3H3. The second-order valence-corrected chi connectivity index (χ2v) is 6.25. The minimum atomic E-state index is 0.0696. The fourth-order valence-electron chi connectivity index (χ4n) is 3.25. The van der Waals surface area contributed by atoms with E-state index in [9.17, 15) is 0 Å². The molecule has 2 fully saturated rings. The molecule has 2 aliphatic heterocycles. The molecule has 2 heterocycles. The van der Waals surface area contributed by atoms with E-state index in [-0.39, 0.29) is 5.60 Å². The number of rotatable bonds is 2. The summed E-state index contributed by atoms with van der Waals surface area (Å²) in [6, 6.07) is 1.48. The normalized spacial score (nSPS) is 34.6. The summed E-state index contributed by atoms with van der Waals surface area (Å²) in [4.78, 5) is 2.64. The van der Waals surface area contributed by atoms with E-state index in [4.69, 9.17) is 4.74 Å². The van der Waals surface area contributed by atoms with Crippen molar-refractivity contribution in [2.45, 2.75) is 63.6 Å². The first-order valence-corrected chi connectivity index (χ1v) is 7.15. The molecule has 2 rings (SSSR count). The number of nitrogens with zero attached hydrogens (tertiary/aromatic N) is 1. The molecular formula is C14H28N2O. The van der Waals surface area contributed by atoms with Crippen LogP contribution in [0.2, 0.25) is 0 Å². The van der Waals surface area contributed by atoms with Crippen LogP contribution in [0.3, 0.4) is 0 Å². The Balaban J connectivity index is 1.91. The molecule has 0 aliphatic carbocycles. The molecule has 0 aromatic rings. The topological polar surface area (TPSA) is 24.5 Å². The summed E-state index contributed by atoms with van der Waals surface area (Å²) in [6.07, 6.45) is 6.34. The smallest absolute Gasteiger partial charge is 0.0641 e. The van der Waals surface area contributed by atoms with E-state index in [2.05, 4.69) is 31.1 Å². The molecule has 0 saturated carbocycles. The van der Waals surface area contributed by atoms with Crippen LogP contribution in [0.4, 0.5) is 0 Å². The summed E-state index contributed by atoms with van der Waals surface area (Å²) in [7, 11) is 2.32. The average molecular weight is 240 g/mol. The van der Waals surface area contributed by atoms with E-state index >= 15 is 0 Å². The first kappa shape index (κ1) is 13.3. The Kier molecular flexibility index (Phi) is 4.45. The lowest BCUT2D eigenvalue weighted by Crippen LogP contribution is -2.48. The fraction of sp³-hybridized carbons (Fsp3) is 1.00. The van der Waals surface area contributed by atoms with Crippen molar-refractivity contribution in [3.8, 4) is 0 Å². The molecule has 0 amide bonds. The van der Waals surface area contributed by atoms with E-state index in [1.54, 1.807) is 0 Å². The monoisotopic (exact) mass is 240 g/mol. The highest BCUT2D eigenvalue weighted by Crippen LogP contribution is 2.29. The molecule has 100 valence electrons. The van der Waals surface area contributed by atoms with Gasteiger partial charge in [0, 0.05) is 18.7 Å². The summed E-state index contributed by atoms with van der Waals surface area (Å²) >= 11 is 0. The lowest BCUT2D eigenvalue weighted by molar-refractivity contribution is -0.0855. The quantitative estimate of drug-likeness (QED) is 0.799. The molecule has 0 aromatic carbocycles. The van der Waals surface area contributed by atoms with Crippen molar-refractivity contribution < 1.29 is 4.74 Å². The van der Waals surface area contributed by atoms with Gasteiger partial charge >= 0.3 is 0 Å². The lowest BCUT2D eigenvalue weighted by Gasteiger charge is -2.42. The summed E-state index contributed by atoms with van der Waals surface area (Å²) in [5.41, 5.74) is 0.0696. The van der Waals surface area contributed by atoms with Gasteiger partial charge in [0.15, 0.2) is 0 Å². The predicted octanol–water partition coefficient (Wildman–Crippen LogP) is 2.02. The summed E-state index contributed by atoms with van der Waals surface area (Å²) < 4.78 is 5.82. The van der Waals surface area contributed by atoms with Gasteiger partial charge in [-0.2, -0.15) is 0 Å². The molecule has 2 atom stereocenters. The highest BCUT2D eigenvalue weighted by atomic mass is 16.5. The van der Waals surface area contributed by atoms with Crippen molar-refractivity contribution in [2.24, 2.45) is 0 Å². The van der Waals surface area contributed by atoms with Gasteiger partial charge < -0.3 is 15.0 Å². The highest BCUT2D eigenvalue weighted by Gasteiger charge is 2.33. The van der Waals surface area contributed by atoms with Crippen molar-refractivity contribution in [3.05, 3.63) is 0 Å². The molecule has 0 aromatic heterocycles. The van der Waals surface area contributed by atoms with Crippen molar-refractivity contribution >= 4 is 0 Å². The zero-order chi connectivity index (χ0) is 12.3. The maximum atomic E-state index is 5.82. The van der Waals surface area contributed by atoms with Crippen molar-refractivity contribution in [3.63, 3.8) is 0 Å². The van der Waals surface area contributed by atoms with Crippen LogP contribution in [0.15, 0.2) is 0 Å². The third-order valence-electron chi connectivity index (χ3n) is 4.37. The first-order valence-electron chi connectivity index (χ1n) is 7.15. The van der Waals surface area contributed by atoms with Crippen LogP contribution >= 0.6 is 0 Å². The summed E-state index contributed by atoms with van der Waals surface area (Å²) in [5, 5.41) is 3.50. The molecule has 2 saturated heterocycles. The van der Waals surface area contributed by atoms with Crippen LogP contribution in [0.25, 0.3) is 0 Å². The van der Waals surface area contributed by atoms with E-state index in [0.29, 0.717) is 6.04 Å². The van der Waals surface area contributed by atoms with Crippen molar-refractivity contribution in [1.29, 1.82) is 0 Å². The molecule has 2 aliphatic rings. The zero-order valence-electron chi connectivity index (χ0n) is 11.7. The largest absolute Gasteiger partial charge is 0.375 e. The van der Waals surface area contributed by atoms with Gasteiger partial charge in [0.1, 0.15) is 0 Å². The van der Waals surface area contributed by atoms with Crippen LogP contribution < -0.4 is 5.32 Å². The Morgan fingerprint density at radius 3 is 2.71 bits per heavy atom. The lowest BCUT2D eigenvalue weighted by atomic mass is 9.91. The number of nitrogens with one attached hydrogen (secondary N) is 1. The number of ether oxygens (including phenoxy) is 1. The van der Waals surface area contributed by atoms with Gasteiger partial charge in [0.05, 0.1) is 5.60 Å².